The van der Waals surface area contributed by atoms with Gasteiger partial charge in [-0.3, -0.25) is 4.98 Å². The van der Waals surface area contributed by atoms with Crippen LogP contribution >= 0.6 is 23.4 Å². The summed E-state index contributed by atoms with van der Waals surface area (Å²) in [4.78, 5) is 4.05. The Labute approximate surface area is 161 Å². The van der Waals surface area contributed by atoms with Crippen LogP contribution in [0.3, 0.4) is 0 Å². The summed E-state index contributed by atoms with van der Waals surface area (Å²) in [7, 11) is 0. The van der Waals surface area contributed by atoms with Gasteiger partial charge in [-0.25, -0.2) is 0 Å². The highest BCUT2D eigenvalue weighted by molar-refractivity contribution is 8.00. The van der Waals surface area contributed by atoms with E-state index in [2.05, 4.69) is 26.7 Å². The number of halogens is 1. The van der Waals surface area contributed by atoms with Gasteiger partial charge in [0.1, 0.15) is 5.82 Å². The molecule has 0 spiro atoms. The topological polar surface area (TPSA) is 63.8 Å². The summed E-state index contributed by atoms with van der Waals surface area (Å²) < 4.78 is 1.91. The van der Waals surface area contributed by atoms with Gasteiger partial charge in [-0.2, -0.15) is 11.8 Å². The minimum absolute atomic E-state index is 0.126. The van der Waals surface area contributed by atoms with Gasteiger partial charge in [0.2, 0.25) is 0 Å². The van der Waals surface area contributed by atoms with Gasteiger partial charge in [0, 0.05) is 41.4 Å². The van der Waals surface area contributed by atoms with Crippen molar-refractivity contribution in [2.75, 3.05) is 12.4 Å². The number of hydrogen-bond acceptors (Lipinski definition) is 5. The van der Waals surface area contributed by atoms with E-state index in [9.17, 15) is 5.11 Å². The highest BCUT2D eigenvalue weighted by Gasteiger charge is 2.31. The van der Waals surface area contributed by atoms with E-state index in [1.807, 2.05) is 30.3 Å². The van der Waals surface area contributed by atoms with E-state index in [-0.39, 0.29) is 11.4 Å². The third-order valence-electron chi connectivity index (χ3n) is 4.68. The number of pyridine rings is 1. The first kappa shape index (κ1) is 17.5. The maximum Gasteiger partial charge on any atom is 0.165 e. The van der Waals surface area contributed by atoms with Crippen molar-refractivity contribution in [3.63, 3.8) is 0 Å². The number of thioether (sulfide) groups is 1. The van der Waals surface area contributed by atoms with Gasteiger partial charge in [0.25, 0.3) is 0 Å². The number of aliphatic hydroxyl groups excluding tert-OH is 1. The van der Waals surface area contributed by atoms with Crippen molar-refractivity contribution in [3.8, 4) is 22.5 Å². The standard InChI is InChI=1S/C19H19ClN4OS/c1-19(12-25)11-17-22-23-18(24(17)8-9-26-19)15-3-2-14(10-16(15)20)13-4-6-21-7-5-13/h2-7,10,25H,8-9,11-12H2,1H3. The van der Waals surface area contributed by atoms with E-state index in [0.717, 1.165) is 40.6 Å². The summed E-state index contributed by atoms with van der Waals surface area (Å²) in [5.41, 5.74) is 2.99. The lowest BCUT2D eigenvalue weighted by molar-refractivity contribution is 0.254. The van der Waals surface area contributed by atoms with Crippen LogP contribution in [-0.2, 0) is 13.0 Å². The number of hydrogen-bond donors (Lipinski definition) is 1. The zero-order valence-corrected chi connectivity index (χ0v) is 16.0. The van der Waals surface area contributed by atoms with Gasteiger partial charge in [0.05, 0.1) is 11.6 Å². The predicted molar refractivity (Wildman–Crippen MR) is 105 cm³/mol. The van der Waals surface area contributed by atoms with Crippen LogP contribution in [0, 0.1) is 0 Å². The number of benzene rings is 1. The Kier molecular flexibility index (Phi) is 4.73. The Hall–Kier alpha value is -1.89. The number of aromatic nitrogens is 4. The number of rotatable bonds is 3. The van der Waals surface area contributed by atoms with Crippen LogP contribution in [-0.4, -0.2) is 42.0 Å². The van der Waals surface area contributed by atoms with Crippen LogP contribution in [0.2, 0.25) is 5.02 Å². The van der Waals surface area contributed by atoms with Crippen molar-refractivity contribution < 1.29 is 5.11 Å². The largest absolute Gasteiger partial charge is 0.395 e. The number of aliphatic hydroxyl groups is 1. The Bertz CT molecular complexity index is 931. The third-order valence-corrected chi connectivity index (χ3v) is 6.35. The molecule has 0 aliphatic carbocycles. The Balaban J connectivity index is 1.71. The van der Waals surface area contributed by atoms with Gasteiger partial charge >= 0.3 is 0 Å². The highest BCUT2D eigenvalue weighted by Crippen LogP contribution is 2.35. The van der Waals surface area contributed by atoms with E-state index in [1.54, 1.807) is 24.2 Å². The molecule has 0 amide bonds. The summed E-state index contributed by atoms with van der Waals surface area (Å²) in [6, 6.07) is 9.92. The van der Waals surface area contributed by atoms with E-state index in [4.69, 9.17) is 11.6 Å². The normalized spacial score (nSPS) is 19.8. The molecule has 1 atom stereocenters. The third kappa shape index (κ3) is 3.24. The van der Waals surface area contributed by atoms with E-state index >= 15 is 0 Å². The van der Waals surface area contributed by atoms with Gasteiger partial charge in [-0.15, -0.1) is 10.2 Å². The average molecular weight is 387 g/mol. The van der Waals surface area contributed by atoms with Crippen LogP contribution in [0.25, 0.3) is 22.5 Å². The van der Waals surface area contributed by atoms with Crippen LogP contribution < -0.4 is 0 Å². The van der Waals surface area contributed by atoms with E-state index in [0.29, 0.717) is 11.4 Å². The molecule has 0 radical (unpaired) electrons. The molecule has 4 rings (SSSR count). The lowest BCUT2D eigenvalue weighted by Gasteiger charge is -2.23. The molecule has 5 nitrogen and oxygen atoms in total. The fourth-order valence-corrected chi connectivity index (χ4v) is 4.55. The molecule has 0 fully saturated rings. The maximum atomic E-state index is 9.70. The highest BCUT2D eigenvalue weighted by atomic mass is 35.5. The molecule has 0 bridgehead atoms. The second-order valence-electron chi connectivity index (χ2n) is 6.66. The van der Waals surface area contributed by atoms with Crippen molar-refractivity contribution >= 4 is 23.4 Å². The van der Waals surface area contributed by atoms with Crippen molar-refractivity contribution in [1.82, 2.24) is 19.7 Å². The molecule has 3 aromatic rings. The molecule has 134 valence electrons. The summed E-state index contributed by atoms with van der Waals surface area (Å²) in [5, 5.41) is 19.1. The molecule has 1 unspecified atom stereocenters. The summed E-state index contributed by atoms with van der Waals surface area (Å²) >= 11 is 8.37. The second-order valence-corrected chi connectivity index (χ2v) is 8.74. The van der Waals surface area contributed by atoms with Crippen molar-refractivity contribution in [2.24, 2.45) is 0 Å². The van der Waals surface area contributed by atoms with Gasteiger partial charge < -0.3 is 9.67 Å². The Morgan fingerprint density at radius 1 is 1.19 bits per heavy atom. The second kappa shape index (κ2) is 7.02. The smallest absolute Gasteiger partial charge is 0.165 e. The van der Waals surface area contributed by atoms with Crippen LogP contribution in [0.15, 0.2) is 42.7 Å². The van der Waals surface area contributed by atoms with Crippen molar-refractivity contribution in [2.45, 2.75) is 24.6 Å². The molecule has 0 saturated carbocycles. The molecule has 1 aliphatic heterocycles. The van der Waals surface area contributed by atoms with Crippen LogP contribution in [0.1, 0.15) is 12.7 Å². The molecule has 7 heteroatoms. The monoisotopic (exact) mass is 386 g/mol. The SMILES string of the molecule is CC1(CO)Cc2nnc(-c3ccc(-c4ccncc4)cc3Cl)n2CCS1. The zero-order valence-electron chi connectivity index (χ0n) is 14.4. The quantitative estimate of drug-likeness (QED) is 0.743. The van der Waals surface area contributed by atoms with E-state index < -0.39 is 0 Å². The molecule has 2 aromatic heterocycles. The van der Waals surface area contributed by atoms with Crippen molar-refractivity contribution in [3.05, 3.63) is 53.6 Å². The minimum Gasteiger partial charge on any atom is -0.395 e. The Morgan fingerprint density at radius 3 is 2.73 bits per heavy atom. The summed E-state index contributed by atoms with van der Waals surface area (Å²) in [6.45, 7) is 3.00. The fraction of sp³-hybridized carbons (Fsp3) is 0.316. The van der Waals surface area contributed by atoms with E-state index in [1.165, 1.54) is 0 Å². The first-order chi connectivity index (χ1) is 12.6. The Morgan fingerprint density at radius 2 is 2.00 bits per heavy atom. The molecule has 0 saturated heterocycles. The molecule has 1 aliphatic rings. The lowest BCUT2D eigenvalue weighted by atomic mass is 10.0. The first-order valence-electron chi connectivity index (χ1n) is 8.47. The number of fused-ring (bicyclic) bond motifs is 1. The fourth-order valence-electron chi connectivity index (χ4n) is 3.19. The molecule has 26 heavy (non-hydrogen) atoms. The lowest BCUT2D eigenvalue weighted by Crippen LogP contribution is -2.28. The molecular weight excluding hydrogens is 368 g/mol. The maximum absolute atomic E-state index is 9.70. The van der Waals surface area contributed by atoms with Gasteiger partial charge in [0.15, 0.2) is 5.82 Å². The molecule has 1 aromatic carbocycles. The predicted octanol–water partition coefficient (Wildman–Crippen LogP) is 3.70. The van der Waals surface area contributed by atoms with Crippen LogP contribution in [0.5, 0.6) is 0 Å². The molecule has 1 N–H and O–H groups in total. The first-order valence-corrected chi connectivity index (χ1v) is 9.83. The summed E-state index contributed by atoms with van der Waals surface area (Å²) in [6.07, 6.45) is 4.23. The minimum atomic E-state index is -0.215. The van der Waals surface area contributed by atoms with Crippen molar-refractivity contribution in [1.29, 1.82) is 0 Å². The van der Waals surface area contributed by atoms with Gasteiger partial charge in [-0.1, -0.05) is 17.7 Å². The zero-order chi connectivity index (χ0) is 18.1. The average Bonchev–Trinajstić information content (AvgIpc) is 2.95. The molecule has 3 heterocycles. The molecular formula is C19H19ClN4OS. The summed E-state index contributed by atoms with van der Waals surface area (Å²) in [5.74, 6) is 2.59. The van der Waals surface area contributed by atoms with Gasteiger partial charge in [-0.05, 0) is 42.3 Å². The van der Waals surface area contributed by atoms with Crippen LogP contribution in [0.4, 0.5) is 0 Å². The number of nitrogens with zero attached hydrogens (tertiary/aromatic N) is 4.